The van der Waals surface area contributed by atoms with Gasteiger partial charge in [-0.3, -0.25) is 4.79 Å². The average Bonchev–Trinajstić information content (AvgIpc) is 2.84. The Balaban J connectivity index is 0.00000288. The quantitative estimate of drug-likeness (QED) is 0.705. The number of rotatable bonds is 8. The van der Waals surface area contributed by atoms with E-state index in [1.807, 2.05) is 35.1 Å². The zero-order chi connectivity index (χ0) is 16.8. The van der Waals surface area contributed by atoms with Gasteiger partial charge in [-0.15, -0.1) is 24.8 Å². The SMILES string of the molecule is CSCc1nc2ccccc2n1CC(=O)NC(CN)CC(C)C.Cl.Cl. The highest BCUT2D eigenvalue weighted by atomic mass is 35.5. The number of carbonyl (C=O) groups is 1. The maximum Gasteiger partial charge on any atom is 0.240 e. The number of hydrogen-bond donors (Lipinski definition) is 2. The van der Waals surface area contributed by atoms with Gasteiger partial charge in [-0.25, -0.2) is 4.98 Å². The number of carbonyl (C=O) groups excluding carboxylic acids is 1. The van der Waals surface area contributed by atoms with Gasteiger partial charge in [0.2, 0.25) is 5.91 Å². The van der Waals surface area contributed by atoms with Crippen molar-refractivity contribution in [1.29, 1.82) is 0 Å². The lowest BCUT2D eigenvalue weighted by Gasteiger charge is -2.19. The van der Waals surface area contributed by atoms with E-state index in [0.29, 0.717) is 12.5 Å². The number of para-hydroxylation sites is 2. The molecule has 0 saturated heterocycles. The van der Waals surface area contributed by atoms with Crippen LogP contribution < -0.4 is 11.1 Å². The summed E-state index contributed by atoms with van der Waals surface area (Å²) in [5, 5.41) is 3.05. The third-order valence-corrected chi connectivity index (χ3v) is 4.26. The molecule has 0 radical (unpaired) electrons. The second kappa shape index (κ2) is 11.6. The largest absolute Gasteiger partial charge is 0.351 e. The molecule has 1 heterocycles. The number of nitrogens with one attached hydrogen (secondary N) is 1. The third-order valence-electron chi connectivity index (χ3n) is 3.71. The molecule has 0 bridgehead atoms. The van der Waals surface area contributed by atoms with Crippen LogP contribution in [0.2, 0.25) is 0 Å². The first-order valence-electron chi connectivity index (χ1n) is 7.97. The normalized spacial score (nSPS) is 11.7. The minimum atomic E-state index is -0.00777. The minimum absolute atomic E-state index is 0. The van der Waals surface area contributed by atoms with Gasteiger partial charge in [-0.1, -0.05) is 26.0 Å². The van der Waals surface area contributed by atoms with Gasteiger partial charge in [-0.05, 0) is 30.7 Å². The van der Waals surface area contributed by atoms with Gasteiger partial charge in [0, 0.05) is 12.6 Å². The number of benzene rings is 1. The summed E-state index contributed by atoms with van der Waals surface area (Å²) in [6.45, 7) is 5.01. The van der Waals surface area contributed by atoms with Crippen LogP contribution in [0.4, 0.5) is 0 Å². The van der Waals surface area contributed by atoms with Crippen LogP contribution in [-0.4, -0.2) is 34.3 Å². The number of amides is 1. The lowest BCUT2D eigenvalue weighted by atomic mass is 10.0. The summed E-state index contributed by atoms with van der Waals surface area (Å²) < 4.78 is 2.00. The highest BCUT2D eigenvalue weighted by Gasteiger charge is 2.16. The smallest absolute Gasteiger partial charge is 0.240 e. The van der Waals surface area contributed by atoms with Crippen molar-refractivity contribution >= 4 is 53.5 Å². The summed E-state index contributed by atoms with van der Waals surface area (Å²) in [6, 6.07) is 7.96. The maximum absolute atomic E-state index is 12.4. The molecule has 0 fully saturated rings. The predicted molar refractivity (Wildman–Crippen MR) is 112 cm³/mol. The molecule has 142 valence electrons. The molecule has 3 N–H and O–H groups in total. The average molecular weight is 407 g/mol. The number of halogens is 2. The Kier molecular flexibility index (Phi) is 11.2. The summed E-state index contributed by atoms with van der Waals surface area (Å²) in [4.78, 5) is 17.1. The monoisotopic (exact) mass is 406 g/mol. The van der Waals surface area contributed by atoms with E-state index >= 15 is 0 Å². The van der Waals surface area contributed by atoms with E-state index in [9.17, 15) is 4.79 Å². The molecule has 1 aromatic heterocycles. The van der Waals surface area contributed by atoms with Crippen LogP contribution in [-0.2, 0) is 17.1 Å². The number of nitrogens with zero attached hydrogens (tertiary/aromatic N) is 2. The van der Waals surface area contributed by atoms with Crippen LogP contribution in [0.3, 0.4) is 0 Å². The van der Waals surface area contributed by atoms with Gasteiger partial charge in [0.15, 0.2) is 0 Å². The van der Waals surface area contributed by atoms with Gasteiger partial charge in [0.1, 0.15) is 12.4 Å². The van der Waals surface area contributed by atoms with Crippen molar-refractivity contribution in [3.63, 3.8) is 0 Å². The topological polar surface area (TPSA) is 72.9 Å². The number of hydrogen-bond acceptors (Lipinski definition) is 4. The van der Waals surface area contributed by atoms with Crippen molar-refractivity contribution in [1.82, 2.24) is 14.9 Å². The lowest BCUT2D eigenvalue weighted by Crippen LogP contribution is -2.42. The molecule has 8 heteroatoms. The number of aromatic nitrogens is 2. The Morgan fingerprint density at radius 1 is 1.32 bits per heavy atom. The van der Waals surface area contributed by atoms with Crippen LogP contribution >= 0.6 is 36.6 Å². The number of nitrogens with two attached hydrogens (primary N) is 1. The van der Waals surface area contributed by atoms with Gasteiger partial charge in [0.05, 0.1) is 16.8 Å². The molecule has 0 spiro atoms. The van der Waals surface area contributed by atoms with E-state index in [-0.39, 0.29) is 43.3 Å². The van der Waals surface area contributed by atoms with Gasteiger partial charge >= 0.3 is 0 Å². The molecule has 1 aromatic carbocycles. The fourth-order valence-corrected chi connectivity index (χ4v) is 3.22. The molecule has 2 rings (SSSR count). The van der Waals surface area contributed by atoms with Gasteiger partial charge in [-0.2, -0.15) is 11.8 Å². The minimum Gasteiger partial charge on any atom is -0.351 e. The van der Waals surface area contributed by atoms with E-state index in [2.05, 4.69) is 24.1 Å². The first-order valence-corrected chi connectivity index (χ1v) is 9.37. The van der Waals surface area contributed by atoms with Crippen LogP contribution in [0.15, 0.2) is 24.3 Å². The highest BCUT2D eigenvalue weighted by Crippen LogP contribution is 2.18. The van der Waals surface area contributed by atoms with Crippen LogP contribution in [0.5, 0.6) is 0 Å². The Hall–Kier alpha value is -0.950. The number of imidazole rings is 1. The molecule has 0 aliphatic heterocycles. The van der Waals surface area contributed by atoms with E-state index in [0.717, 1.165) is 29.0 Å². The standard InChI is InChI=1S/C17H26N4OS.2ClH/c1-12(2)8-13(9-18)19-17(22)10-21-15-7-5-4-6-14(15)20-16(21)11-23-3;;/h4-7,12-13H,8-11,18H2,1-3H3,(H,19,22);2*1H. The summed E-state index contributed by atoms with van der Waals surface area (Å²) in [7, 11) is 0. The molecular weight excluding hydrogens is 379 g/mol. The Labute approximate surface area is 166 Å². The van der Waals surface area contributed by atoms with Crippen LogP contribution in [0.25, 0.3) is 11.0 Å². The summed E-state index contributed by atoms with van der Waals surface area (Å²) in [6.07, 6.45) is 2.93. The number of fused-ring (bicyclic) bond motifs is 1. The van der Waals surface area contributed by atoms with E-state index < -0.39 is 0 Å². The molecular formula is C17H28Cl2N4OS. The molecule has 2 aromatic rings. The van der Waals surface area contributed by atoms with Crippen LogP contribution in [0, 0.1) is 5.92 Å². The third kappa shape index (κ3) is 6.70. The number of thioether (sulfide) groups is 1. The molecule has 0 aliphatic carbocycles. The first-order chi connectivity index (χ1) is 11.0. The highest BCUT2D eigenvalue weighted by molar-refractivity contribution is 7.97. The molecule has 0 saturated carbocycles. The Morgan fingerprint density at radius 2 is 2.00 bits per heavy atom. The van der Waals surface area contributed by atoms with E-state index in [1.165, 1.54) is 0 Å². The van der Waals surface area contributed by atoms with Crippen molar-refractivity contribution in [3.8, 4) is 0 Å². The second-order valence-corrected chi connectivity index (χ2v) is 7.03. The zero-order valence-electron chi connectivity index (χ0n) is 14.9. The second-order valence-electron chi connectivity index (χ2n) is 6.17. The fourth-order valence-electron chi connectivity index (χ4n) is 2.74. The zero-order valence-corrected chi connectivity index (χ0v) is 17.3. The summed E-state index contributed by atoms with van der Waals surface area (Å²) >= 11 is 1.70. The van der Waals surface area contributed by atoms with Crippen LogP contribution in [0.1, 0.15) is 26.1 Å². The molecule has 1 unspecified atom stereocenters. The molecule has 1 atom stereocenters. The van der Waals surface area contributed by atoms with E-state index in [4.69, 9.17) is 5.73 Å². The van der Waals surface area contributed by atoms with Crippen molar-refractivity contribution < 1.29 is 4.79 Å². The fraction of sp³-hybridized carbons (Fsp3) is 0.529. The molecule has 5 nitrogen and oxygen atoms in total. The summed E-state index contributed by atoms with van der Waals surface area (Å²) in [5.74, 6) is 2.22. The molecule has 1 amide bonds. The Bertz CT molecular complexity index is 663. The lowest BCUT2D eigenvalue weighted by molar-refractivity contribution is -0.122. The van der Waals surface area contributed by atoms with Crippen molar-refractivity contribution in [3.05, 3.63) is 30.1 Å². The van der Waals surface area contributed by atoms with E-state index in [1.54, 1.807) is 11.8 Å². The summed E-state index contributed by atoms with van der Waals surface area (Å²) in [5.41, 5.74) is 7.71. The van der Waals surface area contributed by atoms with Crippen molar-refractivity contribution in [2.75, 3.05) is 12.8 Å². The first kappa shape index (κ1) is 24.1. The molecule has 0 aliphatic rings. The maximum atomic E-state index is 12.4. The van der Waals surface area contributed by atoms with Crippen molar-refractivity contribution in [2.45, 2.75) is 38.6 Å². The molecule has 25 heavy (non-hydrogen) atoms. The Morgan fingerprint density at radius 3 is 2.60 bits per heavy atom. The van der Waals surface area contributed by atoms with Gasteiger partial charge < -0.3 is 15.6 Å². The van der Waals surface area contributed by atoms with Gasteiger partial charge in [0.25, 0.3) is 0 Å². The predicted octanol–water partition coefficient (Wildman–Crippen LogP) is 3.23. The van der Waals surface area contributed by atoms with Crippen molar-refractivity contribution in [2.24, 2.45) is 11.7 Å².